The molecule has 2 N–H and O–H groups in total. The zero-order valence-electron chi connectivity index (χ0n) is 19.7. The first-order valence-electron chi connectivity index (χ1n) is 12.2. The number of carbonyl (C=O) groups excluding carboxylic acids is 1. The number of β-amino-alcohol motifs (C(OH)–C–C–N with tert-alkyl or cyclic N) is 1. The number of carbonyl (C=O) groups is 2. The molecule has 3 aliphatic heterocycles. The van der Waals surface area contributed by atoms with Gasteiger partial charge < -0.3 is 24.7 Å². The third kappa shape index (κ3) is 5.18. The summed E-state index contributed by atoms with van der Waals surface area (Å²) < 4.78 is 5.92. The molecule has 0 saturated heterocycles. The first kappa shape index (κ1) is 23.4. The van der Waals surface area contributed by atoms with Gasteiger partial charge in [0.1, 0.15) is 12.4 Å². The molecule has 0 bridgehead atoms. The summed E-state index contributed by atoms with van der Waals surface area (Å²) in [5, 5.41) is 20.0. The Hall–Kier alpha value is -3.36. The number of rotatable bonds is 5. The molecule has 8 heteroatoms. The van der Waals surface area contributed by atoms with Crippen LogP contribution in [0, 0.1) is 0 Å². The number of fused-ring (bicyclic) bond motifs is 2. The Labute approximate surface area is 205 Å². The summed E-state index contributed by atoms with van der Waals surface area (Å²) in [6.07, 6.45) is 1.95. The Morgan fingerprint density at radius 3 is 2.63 bits per heavy atom. The van der Waals surface area contributed by atoms with Crippen molar-refractivity contribution in [3.05, 3.63) is 70.8 Å². The molecule has 0 fully saturated rings. The fraction of sp³-hybridized carbons (Fsp3) is 0.407. The number of benzene rings is 2. The van der Waals surface area contributed by atoms with Crippen LogP contribution in [0.2, 0.25) is 0 Å². The van der Waals surface area contributed by atoms with E-state index in [1.807, 2.05) is 24.3 Å². The molecule has 8 nitrogen and oxygen atoms in total. The minimum atomic E-state index is -0.913. The number of aliphatic hydroxyl groups excluding tert-OH is 1. The maximum Gasteiger partial charge on any atom is 0.407 e. The van der Waals surface area contributed by atoms with Crippen molar-refractivity contribution >= 4 is 17.6 Å². The van der Waals surface area contributed by atoms with E-state index in [2.05, 4.69) is 23.1 Å². The van der Waals surface area contributed by atoms with Crippen LogP contribution in [0.4, 0.5) is 4.79 Å². The number of carboxylic acid groups (broad SMARTS) is 1. The van der Waals surface area contributed by atoms with Crippen LogP contribution < -0.4 is 4.74 Å². The lowest BCUT2D eigenvalue weighted by Crippen LogP contribution is -2.44. The number of nitrogens with zero attached hydrogens (tertiary/aromatic N) is 3. The van der Waals surface area contributed by atoms with Crippen molar-refractivity contribution in [3.8, 4) is 5.75 Å². The van der Waals surface area contributed by atoms with Crippen LogP contribution in [0.3, 0.4) is 0 Å². The fourth-order valence-electron chi connectivity index (χ4n) is 5.16. The Kier molecular flexibility index (Phi) is 6.74. The molecule has 2 aromatic carbocycles. The number of ether oxygens (including phenoxy) is 1. The number of hydrogen-bond acceptors (Lipinski definition) is 5. The molecule has 0 aromatic heterocycles. The minimum Gasteiger partial charge on any atom is -0.491 e. The van der Waals surface area contributed by atoms with Crippen LogP contribution in [-0.4, -0.2) is 88.9 Å². The smallest absolute Gasteiger partial charge is 0.407 e. The molecular formula is C27H31N3O5. The van der Waals surface area contributed by atoms with E-state index in [9.17, 15) is 14.7 Å². The molecule has 2 aromatic rings. The van der Waals surface area contributed by atoms with Crippen molar-refractivity contribution in [1.29, 1.82) is 0 Å². The summed E-state index contributed by atoms with van der Waals surface area (Å²) in [6, 6.07) is 14.0. The topological polar surface area (TPSA) is 93.5 Å². The van der Waals surface area contributed by atoms with E-state index in [4.69, 9.17) is 9.84 Å². The molecule has 0 aliphatic carbocycles. The standard InChI is InChI=1S/C27H31N3O5/c31-23(17-28-10-7-19-3-1-2-4-22(19)16-28)18-30-13-14-35-25-15-21(5-6-24(25)26(30)32)20-8-11-29(12-9-20)27(33)34/h1-6,8,15,23,31H,7,9-14,16-18H2,(H,33,34)/t23-/m1/s1. The molecule has 2 amide bonds. The van der Waals surface area contributed by atoms with Gasteiger partial charge >= 0.3 is 6.09 Å². The van der Waals surface area contributed by atoms with Crippen LogP contribution >= 0.6 is 0 Å². The summed E-state index contributed by atoms with van der Waals surface area (Å²) in [5.74, 6) is 0.403. The lowest BCUT2D eigenvalue weighted by molar-refractivity contribution is 0.0501. The lowest BCUT2D eigenvalue weighted by Gasteiger charge is -2.32. The van der Waals surface area contributed by atoms with E-state index in [0.29, 0.717) is 50.5 Å². The van der Waals surface area contributed by atoms with Crippen molar-refractivity contribution in [2.75, 3.05) is 45.9 Å². The maximum atomic E-state index is 13.3. The zero-order valence-corrected chi connectivity index (χ0v) is 19.7. The maximum absolute atomic E-state index is 13.3. The summed E-state index contributed by atoms with van der Waals surface area (Å²) >= 11 is 0. The van der Waals surface area contributed by atoms with Gasteiger partial charge in [-0.3, -0.25) is 9.69 Å². The van der Waals surface area contributed by atoms with Crippen molar-refractivity contribution in [3.63, 3.8) is 0 Å². The third-order valence-corrected chi connectivity index (χ3v) is 7.08. The van der Waals surface area contributed by atoms with Gasteiger partial charge in [0.25, 0.3) is 5.91 Å². The largest absolute Gasteiger partial charge is 0.491 e. The van der Waals surface area contributed by atoms with Gasteiger partial charge in [0.05, 0.1) is 18.2 Å². The number of aliphatic hydroxyl groups is 1. The molecule has 1 atom stereocenters. The lowest BCUT2D eigenvalue weighted by atomic mass is 9.97. The highest BCUT2D eigenvalue weighted by Crippen LogP contribution is 2.30. The second-order valence-corrected chi connectivity index (χ2v) is 9.43. The van der Waals surface area contributed by atoms with Gasteiger partial charge in [-0.15, -0.1) is 0 Å². The van der Waals surface area contributed by atoms with Gasteiger partial charge in [-0.25, -0.2) is 4.79 Å². The number of amides is 2. The van der Waals surface area contributed by atoms with Crippen molar-refractivity contribution < 1.29 is 24.5 Å². The van der Waals surface area contributed by atoms with Crippen LogP contribution in [0.25, 0.3) is 5.57 Å². The molecule has 0 unspecified atom stereocenters. The SMILES string of the molecule is O=C(O)N1CC=C(c2ccc3c(c2)OCCN(C[C@H](O)CN2CCc4ccccc4C2)C3=O)CC1. The van der Waals surface area contributed by atoms with Gasteiger partial charge in [-0.05, 0) is 47.2 Å². The van der Waals surface area contributed by atoms with E-state index in [1.165, 1.54) is 16.0 Å². The molecule has 3 heterocycles. The highest BCUT2D eigenvalue weighted by Gasteiger charge is 2.27. The number of hydrogen-bond donors (Lipinski definition) is 2. The molecule has 0 saturated carbocycles. The predicted molar refractivity (Wildman–Crippen MR) is 131 cm³/mol. The van der Waals surface area contributed by atoms with Gasteiger partial charge in [0.2, 0.25) is 0 Å². The Morgan fingerprint density at radius 1 is 1.03 bits per heavy atom. The second-order valence-electron chi connectivity index (χ2n) is 9.43. The Balaban J connectivity index is 1.22. The predicted octanol–water partition coefficient (Wildman–Crippen LogP) is 2.71. The van der Waals surface area contributed by atoms with Crippen LogP contribution in [-0.2, 0) is 13.0 Å². The molecule has 5 rings (SSSR count). The van der Waals surface area contributed by atoms with E-state index in [0.717, 1.165) is 30.6 Å². The molecule has 0 spiro atoms. The first-order chi connectivity index (χ1) is 17.0. The van der Waals surface area contributed by atoms with Gasteiger partial charge in [0, 0.05) is 39.3 Å². The highest BCUT2D eigenvalue weighted by atomic mass is 16.5. The summed E-state index contributed by atoms with van der Waals surface area (Å²) in [7, 11) is 0. The van der Waals surface area contributed by atoms with Crippen molar-refractivity contribution in [2.24, 2.45) is 0 Å². The van der Waals surface area contributed by atoms with Crippen molar-refractivity contribution in [1.82, 2.24) is 14.7 Å². The van der Waals surface area contributed by atoms with Gasteiger partial charge in [-0.2, -0.15) is 0 Å². The third-order valence-electron chi connectivity index (χ3n) is 7.08. The molecule has 0 radical (unpaired) electrons. The van der Waals surface area contributed by atoms with E-state index in [1.54, 1.807) is 11.0 Å². The van der Waals surface area contributed by atoms with Gasteiger partial charge in [0.15, 0.2) is 0 Å². The molecule has 184 valence electrons. The monoisotopic (exact) mass is 477 g/mol. The summed E-state index contributed by atoms with van der Waals surface area (Å²) in [6.45, 7) is 4.08. The van der Waals surface area contributed by atoms with Crippen LogP contribution in [0.5, 0.6) is 5.75 Å². The van der Waals surface area contributed by atoms with Crippen LogP contribution in [0.15, 0.2) is 48.5 Å². The normalized spacial score (nSPS) is 19.2. The Morgan fingerprint density at radius 2 is 1.86 bits per heavy atom. The summed E-state index contributed by atoms with van der Waals surface area (Å²) in [5.41, 5.74) is 5.17. The average Bonchev–Trinajstić information content (AvgIpc) is 3.02. The second kappa shape index (κ2) is 10.1. The van der Waals surface area contributed by atoms with E-state index < -0.39 is 12.2 Å². The Bertz CT molecular complexity index is 1150. The summed E-state index contributed by atoms with van der Waals surface area (Å²) in [4.78, 5) is 29.7. The zero-order chi connectivity index (χ0) is 24.4. The fourth-order valence-corrected chi connectivity index (χ4v) is 5.16. The minimum absolute atomic E-state index is 0.137. The quantitative estimate of drug-likeness (QED) is 0.688. The average molecular weight is 478 g/mol. The van der Waals surface area contributed by atoms with E-state index in [-0.39, 0.29) is 12.5 Å². The molecular weight excluding hydrogens is 446 g/mol. The van der Waals surface area contributed by atoms with Crippen molar-refractivity contribution in [2.45, 2.75) is 25.5 Å². The highest BCUT2D eigenvalue weighted by molar-refractivity contribution is 5.97. The molecule has 35 heavy (non-hydrogen) atoms. The molecule has 3 aliphatic rings. The van der Waals surface area contributed by atoms with Crippen LogP contribution in [0.1, 0.15) is 33.5 Å². The van der Waals surface area contributed by atoms with E-state index >= 15 is 0 Å². The van der Waals surface area contributed by atoms with Gasteiger partial charge in [-0.1, -0.05) is 36.4 Å². The first-order valence-corrected chi connectivity index (χ1v) is 12.2.